The highest BCUT2D eigenvalue weighted by molar-refractivity contribution is 5.36. The Kier molecular flexibility index (Phi) is 3.55. The van der Waals surface area contributed by atoms with E-state index < -0.39 is 13.0 Å². The van der Waals surface area contributed by atoms with Crippen molar-refractivity contribution >= 4 is 0 Å². The molecule has 1 aromatic rings. The van der Waals surface area contributed by atoms with Crippen LogP contribution in [-0.2, 0) is 0 Å². The van der Waals surface area contributed by atoms with E-state index in [0.29, 0.717) is 11.5 Å². The fourth-order valence-electron chi connectivity index (χ4n) is 1.04. The van der Waals surface area contributed by atoms with E-state index in [0.717, 1.165) is 6.07 Å². The second-order valence-corrected chi connectivity index (χ2v) is 2.99. The van der Waals surface area contributed by atoms with E-state index in [1.165, 1.54) is 25.1 Å². The van der Waals surface area contributed by atoms with Crippen molar-refractivity contribution in [1.82, 2.24) is 0 Å². The largest absolute Gasteiger partial charge is 0.573 e. The Balaban J connectivity index is 2.83. The molecule has 0 aliphatic heterocycles. The standard InChI is InChI=1S/C10H9F4O/c1-7(6-11)8-3-2-4-9(5-8)15-10(12,13)14/h2-5H,6H2,1H3. The molecule has 0 fully saturated rings. The molecule has 0 saturated heterocycles. The summed E-state index contributed by atoms with van der Waals surface area (Å²) in [4.78, 5) is 0. The van der Waals surface area contributed by atoms with E-state index in [-0.39, 0.29) is 5.75 Å². The van der Waals surface area contributed by atoms with Crippen LogP contribution in [0.15, 0.2) is 24.3 Å². The summed E-state index contributed by atoms with van der Waals surface area (Å²) in [6.45, 7) is 0.808. The second-order valence-electron chi connectivity index (χ2n) is 2.99. The van der Waals surface area contributed by atoms with E-state index >= 15 is 0 Å². The number of ether oxygens (including phenoxy) is 1. The second kappa shape index (κ2) is 4.51. The van der Waals surface area contributed by atoms with E-state index in [1.807, 2.05) is 0 Å². The van der Waals surface area contributed by atoms with Gasteiger partial charge >= 0.3 is 6.36 Å². The number of rotatable bonds is 3. The lowest BCUT2D eigenvalue weighted by molar-refractivity contribution is -0.274. The first-order chi connectivity index (χ1) is 6.92. The molecule has 1 radical (unpaired) electrons. The van der Waals surface area contributed by atoms with Crippen LogP contribution >= 0.6 is 0 Å². The fourth-order valence-corrected chi connectivity index (χ4v) is 1.04. The lowest BCUT2D eigenvalue weighted by atomic mass is 10.0. The zero-order chi connectivity index (χ0) is 11.5. The summed E-state index contributed by atoms with van der Waals surface area (Å²) in [5.74, 6) is 0.0235. The molecule has 0 saturated carbocycles. The van der Waals surface area contributed by atoms with Gasteiger partial charge in [-0.2, -0.15) is 0 Å². The predicted molar refractivity (Wildman–Crippen MR) is 47.1 cm³/mol. The Labute approximate surface area is 84.7 Å². The summed E-state index contributed by atoms with van der Waals surface area (Å²) in [7, 11) is 0. The van der Waals surface area contributed by atoms with Crippen molar-refractivity contribution in [2.45, 2.75) is 13.3 Å². The van der Waals surface area contributed by atoms with Crippen LogP contribution in [0.1, 0.15) is 12.5 Å². The van der Waals surface area contributed by atoms with Gasteiger partial charge in [0.05, 0.1) is 6.67 Å². The molecule has 0 bridgehead atoms. The molecule has 5 heteroatoms. The van der Waals surface area contributed by atoms with Crippen molar-refractivity contribution < 1.29 is 22.3 Å². The molecule has 0 atom stereocenters. The monoisotopic (exact) mass is 221 g/mol. The molecule has 0 aromatic heterocycles. The smallest absolute Gasteiger partial charge is 0.406 e. The molecule has 0 aliphatic carbocycles. The van der Waals surface area contributed by atoms with Crippen molar-refractivity contribution in [2.24, 2.45) is 0 Å². The Bertz CT molecular complexity index is 321. The average molecular weight is 221 g/mol. The van der Waals surface area contributed by atoms with Gasteiger partial charge in [0.1, 0.15) is 5.75 Å². The summed E-state index contributed by atoms with van der Waals surface area (Å²) in [6.07, 6.45) is -4.72. The van der Waals surface area contributed by atoms with Crippen molar-refractivity contribution in [1.29, 1.82) is 0 Å². The fraction of sp³-hybridized carbons (Fsp3) is 0.300. The van der Waals surface area contributed by atoms with Crippen LogP contribution in [0.5, 0.6) is 5.75 Å². The highest BCUT2D eigenvalue weighted by Gasteiger charge is 2.31. The molecule has 1 rings (SSSR count). The summed E-state index contributed by atoms with van der Waals surface area (Å²) >= 11 is 0. The molecule has 15 heavy (non-hydrogen) atoms. The van der Waals surface area contributed by atoms with E-state index in [1.54, 1.807) is 0 Å². The maximum absolute atomic E-state index is 12.2. The van der Waals surface area contributed by atoms with Gasteiger partial charge in [-0.15, -0.1) is 13.2 Å². The summed E-state index contributed by atoms with van der Waals surface area (Å²) in [5, 5.41) is 0. The van der Waals surface area contributed by atoms with Crippen molar-refractivity contribution in [2.75, 3.05) is 6.67 Å². The van der Waals surface area contributed by atoms with Crippen LogP contribution in [0.2, 0.25) is 0 Å². The minimum absolute atomic E-state index is 0.340. The summed E-state index contributed by atoms with van der Waals surface area (Å²) in [5.41, 5.74) is 0.402. The van der Waals surface area contributed by atoms with Gasteiger partial charge in [-0.3, -0.25) is 4.39 Å². The van der Waals surface area contributed by atoms with Crippen molar-refractivity contribution in [3.8, 4) is 5.75 Å². The molecule has 1 aromatic carbocycles. The zero-order valence-electron chi connectivity index (χ0n) is 7.94. The van der Waals surface area contributed by atoms with E-state index in [4.69, 9.17) is 0 Å². The number of benzene rings is 1. The molecule has 0 heterocycles. The number of alkyl halides is 4. The zero-order valence-corrected chi connectivity index (χ0v) is 7.94. The lowest BCUT2D eigenvalue weighted by Gasteiger charge is -2.11. The van der Waals surface area contributed by atoms with Crippen LogP contribution in [0.25, 0.3) is 0 Å². The van der Waals surface area contributed by atoms with Gasteiger partial charge in [0.2, 0.25) is 0 Å². The first-order valence-electron chi connectivity index (χ1n) is 4.17. The summed E-state index contributed by atoms with van der Waals surface area (Å²) in [6, 6.07) is 5.23. The van der Waals surface area contributed by atoms with Crippen LogP contribution in [0, 0.1) is 5.92 Å². The summed E-state index contributed by atoms with van der Waals surface area (Å²) < 4.78 is 51.5. The minimum Gasteiger partial charge on any atom is -0.406 e. The number of halogens is 4. The molecule has 0 spiro atoms. The third-order valence-electron chi connectivity index (χ3n) is 1.76. The molecular formula is C10H9F4O. The lowest BCUT2D eigenvalue weighted by Crippen LogP contribution is -2.17. The van der Waals surface area contributed by atoms with Gasteiger partial charge in [0.25, 0.3) is 0 Å². The van der Waals surface area contributed by atoms with Gasteiger partial charge in [-0.1, -0.05) is 19.1 Å². The van der Waals surface area contributed by atoms with Crippen LogP contribution < -0.4 is 4.74 Å². The molecule has 0 N–H and O–H groups in total. The van der Waals surface area contributed by atoms with Crippen LogP contribution in [-0.4, -0.2) is 13.0 Å². The van der Waals surface area contributed by atoms with Gasteiger partial charge in [0, 0.05) is 5.92 Å². The third-order valence-corrected chi connectivity index (χ3v) is 1.76. The van der Waals surface area contributed by atoms with Gasteiger partial charge in [0.15, 0.2) is 0 Å². The number of hydrogen-bond acceptors (Lipinski definition) is 1. The molecule has 0 amide bonds. The Hall–Kier alpha value is -1.26. The third kappa shape index (κ3) is 3.77. The highest BCUT2D eigenvalue weighted by Crippen LogP contribution is 2.25. The van der Waals surface area contributed by atoms with E-state index in [2.05, 4.69) is 4.74 Å². The average Bonchev–Trinajstić information content (AvgIpc) is 2.14. The van der Waals surface area contributed by atoms with E-state index in [9.17, 15) is 17.6 Å². The molecule has 0 aliphatic rings. The maximum atomic E-state index is 12.2. The first kappa shape index (κ1) is 11.8. The van der Waals surface area contributed by atoms with Crippen molar-refractivity contribution in [3.63, 3.8) is 0 Å². The Morgan fingerprint density at radius 1 is 1.33 bits per heavy atom. The van der Waals surface area contributed by atoms with Gasteiger partial charge < -0.3 is 4.74 Å². The quantitative estimate of drug-likeness (QED) is 0.710. The van der Waals surface area contributed by atoms with Gasteiger partial charge in [-0.25, -0.2) is 0 Å². The predicted octanol–water partition coefficient (Wildman–Crippen LogP) is 3.50. The maximum Gasteiger partial charge on any atom is 0.573 e. The molecule has 0 unspecified atom stereocenters. The highest BCUT2D eigenvalue weighted by atomic mass is 19.4. The van der Waals surface area contributed by atoms with Crippen LogP contribution in [0.3, 0.4) is 0 Å². The minimum atomic E-state index is -4.72. The van der Waals surface area contributed by atoms with Crippen molar-refractivity contribution in [3.05, 3.63) is 35.7 Å². The molecular weight excluding hydrogens is 212 g/mol. The molecule has 1 nitrogen and oxygen atoms in total. The first-order valence-corrected chi connectivity index (χ1v) is 4.17. The SMILES string of the molecule is C[C](CF)c1cccc(OC(F)(F)F)c1. The van der Waals surface area contributed by atoms with Crippen LogP contribution in [0.4, 0.5) is 17.6 Å². The Morgan fingerprint density at radius 2 is 2.00 bits per heavy atom. The molecule has 83 valence electrons. The Morgan fingerprint density at radius 3 is 2.53 bits per heavy atom. The van der Waals surface area contributed by atoms with Gasteiger partial charge in [-0.05, 0) is 17.7 Å². The topological polar surface area (TPSA) is 9.23 Å². The number of hydrogen-bond donors (Lipinski definition) is 0. The normalized spacial score (nSPS) is 11.9.